The largest absolute Gasteiger partial charge is 0.389 e. The smallest absolute Gasteiger partial charge is 0.171 e. The van der Waals surface area contributed by atoms with Gasteiger partial charge in [-0.15, -0.1) is 0 Å². The van der Waals surface area contributed by atoms with Gasteiger partial charge in [0.05, 0.1) is 11.0 Å². The summed E-state index contributed by atoms with van der Waals surface area (Å²) in [5, 5.41) is 11.2. The van der Waals surface area contributed by atoms with Gasteiger partial charge >= 0.3 is 0 Å². The lowest BCUT2D eigenvalue weighted by molar-refractivity contribution is -0.0768. The number of carbonyl (C=O) groups excluding carboxylic acids is 1. The third-order valence-corrected chi connectivity index (χ3v) is 5.18. The Balaban J connectivity index is 2.49. The van der Waals surface area contributed by atoms with E-state index in [1.54, 1.807) is 6.92 Å². The summed E-state index contributed by atoms with van der Waals surface area (Å²) in [5.74, 6) is -0.0514. The Morgan fingerprint density at radius 1 is 0.957 bits per heavy atom. The van der Waals surface area contributed by atoms with Crippen LogP contribution < -0.4 is 0 Å². The molecule has 0 saturated heterocycles. The van der Waals surface area contributed by atoms with Crippen molar-refractivity contribution in [2.75, 3.05) is 0 Å². The minimum atomic E-state index is -1.12. The van der Waals surface area contributed by atoms with Gasteiger partial charge in [-0.05, 0) is 31.7 Å². The molecule has 0 aliphatic rings. The van der Waals surface area contributed by atoms with Crippen LogP contribution in [0.3, 0.4) is 0 Å². The molecule has 0 aliphatic carbocycles. The second-order valence-electron chi connectivity index (χ2n) is 6.99. The molecule has 0 radical (unpaired) electrons. The molecule has 2 rings (SSSR count). The predicted molar refractivity (Wildman–Crippen MR) is 94.5 cm³/mol. The van der Waals surface area contributed by atoms with Crippen LogP contribution in [-0.4, -0.2) is 16.5 Å². The zero-order valence-electron chi connectivity index (χ0n) is 14.4. The van der Waals surface area contributed by atoms with Crippen molar-refractivity contribution in [3.05, 3.63) is 71.8 Å². The zero-order valence-corrected chi connectivity index (χ0v) is 14.4. The van der Waals surface area contributed by atoms with Crippen LogP contribution in [0.25, 0.3) is 0 Å². The molecule has 0 spiro atoms. The summed E-state index contributed by atoms with van der Waals surface area (Å²) in [6, 6.07) is 19.2. The van der Waals surface area contributed by atoms with Gasteiger partial charge in [0, 0.05) is 5.56 Å². The standard InChI is InChI=1S/C21H26O2/c1-16(2)21(4,23)20(3,15-17-11-7-5-8-12-17)19(22)18-13-9-6-10-14-18/h5-14,16,23H,15H2,1-4H3. The van der Waals surface area contributed by atoms with E-state index in [4.69, 9.17) is 0 Å². The molecule has 0 fully saturated rings. The first-order valence-corrected chi connectivity index (χ1v) is 8.15. The quantitative estimate of drug-likeness (QED) is 0.796. The van der Waals surface area contributed by atoms with Crippen LogP contribution in [0.2, 0.25) is 0 Å². The summed E-state index contributed by atoms with van der Waals surface area (Å²) in [6.07, 6.45) is 0.507. The normalized spacial score (nSPS) is 16.6. The highest BCUT2D eigenvalue weighted by Crippen LogP contribution is 2.42. The second-order valence-corrected chi connectivity index (χ2v) is 6.99. The molecule has 0 heterocycles. The number of Topliss-reactive ketones (excluding diaryl/α,β-unsaturated/α-hetero) is 1. The Morgan fingerprint density at radius 2 is 1.43 bits per heavy atom. The van der Waals surface area contributed by atoms with E-state index in [9.17, 15) is 9.90 Å². The van der Waals surface area contributed by atoms with Gasteiger partial charge in [-0.1, -0.05) is 74.5 Å². The number of hydrogen-bond donors (Lipinski definition) is 1. The molecule has 1 N–H and O–H groups in total. The fourth-order valence-corrected chi connectivity index (χ4v) is 3.04. The van der Waals surface area contributed by atoms with E-state index in [0.29, 0.717) is 12.0 Å². The van der Waals surface area contributed by atoms with Crippen molar-refractivity contribution in [3.8, 4) is 0 Å². The Kier molecular flexibility index (Phi) is 5.06. The third-order valence-electron chi connectivity index (χ3n) is 5.18. The Bertz CT molecular complexity index is 644. The molecule has 2 atom stereocenters. The molecule has 2 nitrogen and oxygen atoms in total. The van der Waals surface area contributed by atoms with Gasteiger partial charge in [-0.3, -0.25) is 4.79 Å². The summed E-state index contributed by atoms with van der Waals surface area (Å²) in [7, 11) is 0. The van der Waals surface area contributed by atoms with Gasteiger partial charge in [0.25, 0.3) is 0 Å². The highest BCUT2D eigenvalue weighted by Gasteiger charge is 2.50. The van der Waals surface area contributed by atoms with E-state index < -0.39 is 11.0 Å². The molecule has 0 aromatic heterocycles. The monoisotopic (exact) mass is 310 g/mol. The van der Waals surface area contributed by atoms with Crippen molar-refractivity contribution in [3.63, 3.8) is 0 Å². The molecule has 0 bridgehead atoms. The summed E-state index contributed by atoms with van der Waals surface area (Å²) >= 11 is 0. The van der Waals surface area contributed by atoms with Crippen molar-refractivity contribution in [2.24, 2.45) is 11.3 Å². The number of ketones is 1. The molecule has 2 heteroatoms. The van der Waals surface area contributed by atoms with Crippen molar-refractivity contribution in [1.29, 1.82) is 0 Å². The molecule has 122 valence electrons. The highest BCUT2D eigenvalue weighted by molar-refractivity contribution is 6.01. The average molecular weight is 310 g/mol. The van der Waals surface area contributed by atoms with Crippen molar-refractivity contribution in [1.82, 2.24) is 0 Å². The Hall–Kier alpha value is -1.93. The number of benzene rings is 2. The van der Waals surface area contributed by atoms with Crippen LogP contribution in [0.4, 0.5) is 0 Å². The van der Waals surface area contributed by atoms with Gasteiger partial charge in [-0.2, -0.15) is 0 Å². The third kappa shape index (κ3) is 3.37. The van der Waals surface area contributed by atoms with Gasteiger partial charge in [0.1, 0.15) is 0 Å². The molecular weight excluding hydrogens is 284 g/mol. The van der Waals surface area contributed by atoms with Crippen molar-refractivity contribution >= 4 is 5.78 Å². The zero-order chi connectivity index (χ0) is 17.1. The lowest BCUT2D eigenvalue weighted by Gasteiger charge is -2.44. The Morgan fingerprint density at radius 3 is 1.91 bits per heavy atom. The first kappa shape index (κ1) is 17.4. The van der Waals surface area contributed by atoms with Gasteiger partial charge in [0.15, 0.2) is 5.78 Å². The number of carbonyl (C=O) groups is 1. The van der Waals surface area contributed by atoms with Crippen molar-refractivity contribution in [2.45, 2.75) is 39.7 Å². The van der Waals surface area contributed by atoms with Crippen LogP contribution in [-0.2, 0) is 6.42 Å². The lowest BCUT2D eigenvalue weighted by Crippen LogP contribution is -2.54. The maximum atomic E-state index is 13.3. The first-order valence-electron chi connectivity index (χ1n) is 8.15. The maximum Gasteiger partial charge on any atom is 0.171 e. The van der Waals surface area contributed by atoms with Gasteiger partial charge in [-0.25, -0.2) is 0 Å². The van der Waals surface area contributed by atoms with Crippen LogP contribution in [0.15, 0.2) is 60.7 Å². The van der Waals surface area contributed by atoms with Gasteiger partial charge in [0.2, 0.25) is 0 Å². The number of rotatable bonds is 6. The fraction of sp³-hybridized carbons (Fsp3) is 0.381. The van der Waals surface area contributed by atoms with E-state index in [1.807, 2.05) is 81.4 Å². The van der Waals surface area contributed by atoms with Crippen LogP contribution >= 0.6 is 0 Å². The van der Waals surface area contributed by atoms with Crippen LogP contribution in [0.1, 0.15) is 43.6 Å². The molecule has 2 aromatic carbocycles. The molecule has 0 aliphatic heterocycles. The molecule has 0 saturated carbocycles. The fourth-order valence-electron chi connectivity index (χ4n) is 3.04. The summed E-state index contributed by atoms with van der Waals surface area (Å²) in [5.41, 5.74) is -0.313. The topological polar surface area (TPSA) is 37.3 Å². The average Bonchev–Trinajstić information content (AvgIpc) is 2.55. The number of hydrogen-bond acceptors (Lipinski definition) is 2. The number of aliphatic hydroxyl groups is 1. The maximum absolute atomic E-state index is 13.3. The minimum absolute atomic E-state index is 0.0133. The van der Waals surface area contributed by atoms with E-state index in [-0.39, 0.29) is 11.7 Å². The van der Waals surface area contributed by atoms with E-state index in [2.05, 4.69) is 0 Å². The summed E-state index contributed by atoms with van der Waals surface area (Å²) < 4.78 is 0. The van der Waals surface area contributed by atoms with Gasteiger partial charge < -0.3 is 5.11 Å². The molecular formula is C21H26O2. The summed E-state index contributed by atoms with van der Waals surface area (Å²) in [6.45, 7) is 7.58. The highest BCUT2D eigenvalue weighted by atomic mass is 16.3. The molecule has 0 amide bonds. The minimum Gasteiger partial charge on any atom is -0.389 e. The molecule has 2 unspecified atom stereocenters. The molecule has 23 heavy (non-hydrogen) atoms. The van der Waals surface area contributed by atoms with E-state index in [0.717, 1.165) is 5.56 Å². The summed E-state index contributed by atoms with van der Waals surface area (Å²) in [4.78, 5) is 13.3. The van der Waals surface area contributed by atoms with Crippen molar-refractivity contribution < 1.29 is 9.90 Å². The predicted octanol–water partition coefficient (Wildman–Crippen LogP) is 4.53. The van der Waals surface area contributed by atoms with Crippen LogP contribution in [0, 0.1) is 11.3 Å². The first-order chi connectivity index (χ1) is 10.8. The second kappa shape index (κ2) is 6.67. The Labute approximate surface area is 139 Å². The lowest BCUT2D eigenvalue weighted by atomic mass is 9.62. The van der Waals surface area contributed by atoms with E-state index in [1.165, 1.54) is 0 Å². The van der Waals surface area contributed by atoms with Crippen LogP contribution in [0.5, 0.6) is 0 Å². The van der Waals surface area contributed by atoms with E-state index >= 15 is 0 Å². The SMILES string of the molecule is CC(C)C(C)(O)C(C)(Cc1ccccc1)C(=O)c1ccccc1. The molecule has 2 aromatic rings.